The number of benzene rings is 2. The summed E-state index contributed by atoms with van der Waals surface area (Å²) >= 11 is 2.85. The largest absolute Gasteiger partial charge is 0.459 e. The van der Waals surface area contributed by atoms with E-state index in [9.17, 15) is 9.59 Å². The van der Waals surface area contributed by atoms with Crippen molar-refractivity contribution >= 4 is 45.7 Å². The molecule has 150 valence electrons. The number of nitrogens with one attached hydrogen (secondary N) is 2. The summed E-state index contributed by atoms with van der Waals surface area (Å²) in [6.45, 7) is 0. The van der Waals surface area contributed by atoms with Crippen LogP contribution in [0, 0.1) is 0 Å². The SMILES string of the molecule is O=C(CSc1ccccc1)Nc1nc(-c2ccc(NC(=O)c3ccco3)cc2)cs1. The highest BCUT2D eigenvalue weighted by Gasteiger charge is 2.11. The molecule has 2 aromatic heterocycles. The highest BCUT2D eigenvalue weighted by Crippen LogP contribution is 2.26. The Hall–Kier alpha value is -3.36. The number of nitrogens with zero attached hydrogens (tertiary/aromatic N) is 1. The maximum atomic E-state index is 12.2. The number of anilines is 2. The quantitative estimate of drug-likeness (QED) is 0.381. The van der Waals surface area contributed by atoms with E-state index in [1.54, 1.807) is 24.3 Å². The molecule has 0 aliphatic heterocycles. The van der Waals surface area contributed by atoms with E-state index < -0.39 is 0 Å². The molecular weight excluding hydrogens is 418 g/mol. The smallest absolute Gasteiger partial charge is 0.291 e. The average molecular weight is 436 g/mol. The molecule has 4 rings (SSSR count). The van der Waals surface area contributed by atoms with Crippen LogP contribution >= 0.6 is 23.1 Å². The summed E-state index contributed by atoms with van der Waals surface area (Å²) in [7, 11) is 0. The number of rotatable bonds is 7. The average Bonchev–Trinajstić information content (AvgIpc) is 3.46. The molecule has 8 heteroatoms. The molecule has 0 saturated carbocycles. The zero-order chi connectivity index (χ0) is 20.8. The Kier molecular flexibility index (Phi) is 6.26. The Balaban J connectivity index is 1.33. The van der Waals surface area contributed by atoms with Crippen LogP contribution in [-0.4, -0.2) is 22.6 Å². The van der Waals surface area contributed by atoms with Gasteiger partial charge in [-0.2, -0.15) is 0 Å². The van der Waals surface area contributed by atoms with Crippen molar-refractivity contribution in [2.45, 2.75) is 4.90 Å². The number of hydrogen-bond donors (Lipinski definition) is 2. The van der Waals surface area contributed by atoms with E-state index in [1.165, 1.54) is 29.4 Å². The van der Waals surface area contributed by atoms with Gasteiger partial charge in [0.1, 0.15) is 0 Å². The topological polar surface area (TPSA) is 84.2 Å². The second kappa shape index (κ2) is 9.43. The van der Waals surface area contributed by atoms with E-state index in [0.717, 1.165) is 16.2 Å². The second-order valence-electron chi connectivity index (χ2n) is 6.20. The second-order valence-corrected chi connectivity index (χ2v) is 8.10. The minimum Gasteiger partial charge on any atom is -0.459 e. The van der Waals surface area contributed by atoms with E-state index in [0.29, 0.717) is 16.6 Å². The van der Waals surface area contributed by atoms with Crippen LogP contribution in [0.25, 0.3) is 11.3 Å². The molecule has 2 heterocycles. The van der Waals surface area contributed by atoms with E-state index in [-0.39, 0.29) is 17.6 Å². The number of thioether (sulfide) groups is 1. The van der Waals surface area contributed by atoms with Crippen LogP contribution in [0.2, 0.25) is 0 Å². The predicted octanol–water partition coefficient (Wildman–Crippen LogP) is 5.39. The molecule has 30 heavy (non-hydrogen) atoms. The third kappa shape index (κ3) is 5.16. The third-order valence-electron chi connectivity index (χ3n) is 4.05. The van der Waals surface area contributed by atoms with Gasteiger partial charge in [0, 0.05) is 21.5 Å². The first kappa shape index (κ1) is 19.9. The number of carbonyl (C=O) groups excluding carboxylic acids is 2. The van der Waals surface area contributed by atoms with Crippen LogP contribution in [-0.2, 0) is 4.79 Å². The standard InChI is InChI=1S/C22H17N3O3S2/c26-20(14-29-17-5-2-1-3-6-17)25-22-24-18(13-30-22)15-8-10-16(11-9-15)23-21(27)19-7-4-12-28-19/h1-13H,14H2,(H,23,27)(H,24,25,26). The molecule has 4 aromatic rings. The molecule has 0 aliphatic carbocycles. The molecule has 2 aromatic carbocycles. The van der Waals surface area contributed by atoms with Gasteiger partial charge in [-0.15, -0.1) is 23.1 Å². The van der Waals surface area contributed by atoms with Gasteiger partial charge in [0.05, 0.1) is 17.7 Å². The Bertz CT molecular complexity index is 1120. The first-order chi connectivity index (χ1) is 14.7. The molecule has 0 spiro atoms. The van der Waals surface area contributed by atoms with E-state index in [1.807, 2.05) is 47.8 Å². The van der Waals surface area contributed by atoms with E-state index in [4.69, 9.17) is 4.42 Å². The van der Waals surface area contributed by atoms with Crippen LogP contribution in [0.15, 0.2) is 87.7 Å². The maximum Gasteiger partial charge on any atom is 0.291 e. The molecule has 0 radical (unpaired) electrons. The Morgan fingerprint density at radius 1 is 0.967 bits per heavy atom. The third-order valence-corrected chi connectivity index (χ3v) is 5.82. The van der Waals surface area contributed by atoms with Crippen LogP contribution in [0.1, 0.15) is 10.6 Å². The number of hydrogen-bond acceptors (Lipinski definition) is 6. The van der Waals surface area contributed by atoms with Crippen molar-refractivity contribution in [3.05, 3.63) is 84.1 Å². The van der Waals surface area contributed by atoms with Gasteiger partial charge in [0.15, 0.2) is 10.9 Å². The molecule has 0 unspecified atom stereocenters. The summed E-state index contributed by atoms with van der Waals surface area (Å²) in [5.41, 5.74) is 2.30. The Labute approximate surface area is 181 Å². The zero-order valence-electron chi connectivity index (χ0n) is 15.7. The van der Waals surface area contributed by atoms with Crippen molar-refractivity contribution in [1.82, 2.24) is 4.98 Å². The van der Waals surface area contributed by atoms with Gasteiger partial charge < -0.3 is 15.1 Å². The van der Waals surface area contributed by atoms with Gasteiger partial charge in [0.25, 0.3) is 5.91 Å². The molecule has 0 bridgehead atoms. The minimum absolute atomic E-state index is 0.0965. The Morgan fingerprint density at radius 2 is 1.77 bits per heavy atom. The fraction of sp³-hybridized carbons (Fsp3) is 0.0455. The maximum absolute atomic E-state index is 12.2. The lowest BCUT2D eigenvalue weighted by Gasteiger charge is -2.04. The Morgan fingerprint density at radius 3 is 2.50 bits per heavy atom. The molecule has 0 aliphatic rings. The highest BCUT2D eigenvalue weighted by atomic mass is 32.2. The summed E-state index contributed by atoms with van der Waals surface area (Å²) < 4.78 is 5.08. The summed E-state index contributed by atoms with van der Waals surface area (Å²) in [4.78, 5) is 29.7. The molecular formula is C22H17N3O3S2. The van der Waals surface area contributed by atoms with Gasteiger partial charge in [-0.1, -0.05) is 30.3 Å². The number of aromatic nitrogens is 1. The van der Waals surface area contributed by atoms with Gasteiger partial charge in [-0.3, -0.25) is 9.59 Å². The summed E-state index contributed by atoms with van der Waals surface area (Å²) in [6, 6.07) is 20.4. The van der Waals surface area contributed by atoms with Crippen molar-refractivity contribution in [3.8, 4) is 11.3 Å². The van der Waals surface area contributed by atoms with Gasteiger partial charge >= 0.3 is 0 Å². The van der Waals surface area contributed by atoms with Crippen molar-refractivity contribution in [3.63, 3.8) is 0 Å². The summed E-state index contributed by atoms with van der Waals surface area (Å²) in [6.07, 6.45) is 1.46. The monoisotopic (exact) mass is 435 g/mol. The van der Waals surface area contributed by atoms with Crippen LogP contribution < -0.4 is 10.6 Å². The highest BCUT2D eigenvalue weighted by molar-refractivity contribution is 8.00. The minimum atomic E-state index is -0.306. The number of thiazole rings is 1. The normalized spacial score (nSPS) is 10.5. The molecule has 6 nitrogen and oxygen atoms in total. The molecule has 0 saturated heterocycles. The number of amides is 2. The van der Waals surface area contributed by atoms with Gasteiger partial charge in [-0.05, 0) is 36.4 Å². The van der Waals surface area contributed by atoms with Crippen LogP contribution in [0.5, 0.6) is 0 Å². The first-order valence-electron chi connectivity index (χ1n) is 9.06. The van der Waals surface area contributed by atoms with Crippen molar-refractivity contribution in [2.24, 2.45) is 0 Å². The van der Waals surface area contributed by atoms with Gasteiger partial charge in [-0.25, -0.2) is 4.98 Å². The molecule has 2 amide bonds. The lowest BCUT2D eigenvalue weighted by Crippen LogP contribution is -2.13. The van der Waals surface area contributed by atoms with Crippen molar-refractivity contribution in [1.29, 1.82) is 0 Å². The van der Waals surface area contributed by atoms with Gasteiger partial charge in [0.2, 0.25) is 5.91 Å². The van der Waals surface area contributed by atoms with Crippen LogP contribution in [0.4, 0.5) is 10.8 Å². The number of furan rings is 1. The van der Waals surface area contributed by atoms with E-state index in [2.05, 4.69) is 15.6 Å². The predicted molar refractivity (Wildman–Crippen MR) is 120 cm³/mol. The van der Waals surface area contributed by atoms with Crippen LogP contribution in [0.3, 0.4) is 0 Å². The summed E-state index contributed by atoms with van der Waals surface area (Å²) in [5, 5.41) is 8.05. The fourth-order valence-electron chi connectivity index (χ4n) is 2.61. The molecule has 0 fully saturated rings. The lowest BCUT2D eigenvalue weighted by molar-refractivity contribution is -0.113. The molecule has 0 atom stereocenters. The van der Waals surface area contributed by atoms with Crippen molar-refractivity contribution in [2.75, 3.05) is 16.4 Å². The van der Waals surface area contributed by atoms with E-state index >= 15 is 0 Å². The van der Waals surface area contributed by atoms with Crippen molar-refractivity contribution < 1.29 is 14.0 Å². The summed E-state index contributed by atoms with van der Waals surface area (Å²) in [5.74, 6) is 0.174. The lowest BCUT2D eigenvalue weighted by atomic mass is 10.1. The number of carbonyl (C=O) groups is 2. The zero-order valence-corrected chi connectivity index (χ0v) is 17.3. The molecule has 2 N–H and O–H groups in total. The fourth-order valence-corrected chi connectivity index (χ4v) is 4.06. The first-order valence-corrected chi connectivity index (χ1v) is 10.9.